The predicted octanol–water partition coefficient (Wildman–Crippen LogP) is 1.67. The average molecular weight is 244 g/mol. The lowest BCUT2D eigenvalue weighted by Gasteiger charge is -2.46. The van der Waals surface area contributed by atoms with Crippen molar-refractivity contribution in [3.63, 3.8) is 0 Å². The minimum Gasteiger partial charge on any atom is -0.346 e. The van der Waals surface area contributed by atoms with Gasteiger partial charge in [0.1, 0.15) is 0 Å². The molecule has 3 rings (SSSR count). The van der Waals surface area contributed by atoms with Gasteiger partial charge in [-0.1, -0.05) is 24.3 Å². The third kappa shape index (κ3) is 1.50. The van der Waals surface area contributed by atoms with E-state index in [-0.39, 0.29) is 16.9 Å². The first-order valence-electron chi connectivity index (χ1n) is 6.70. The summed E-state index contributed by atoms with van der Waals surface area (Å²) >= 11 is 0. The van der Waals surface area contributed by atoms with Crippen molar-refractivity contribution in [2.45, 2.75) is 37.6 Å². The zero-order valence-corrected chi connectivity index (χ0v) is 11.0. The second-order valence-corrected chi connectivity index (χ2v) is 5.96. The van der Waals surface area contributed by atoms with Gasteiger partial charge in [0.15, 0.2) is 0 Å². The Morgan fingerprint density at radius 3 is 2.33 bits per heavy atom. The summed E-state index contributed by atoms with van der Waals surface area (Å²) in [6.07, 6.45) is 1.79. The van der Waals surface area contributed by atoms with Gasteiger partial charge in [-0.2, -0.15) is 0 Å². The highest BCUT2D eigenvalue weighted by Gasteiger charge is 2.49. The van der Waals surface area contributed by atoms with Crippen molar-refractivity contribution in [2.75, 3.05) is 13.1 Å². The van der Waals surface area contributed by atoms with E-state index in [4.69, 9.17) is 0 Å². The van der Waals surface area contributed by atoms with E-state index in [2.05, 4.69) is 48.7 Å². The zero-order valence-electron chi connectivity index (χ0n) is 11.0. The first kappa shape index (κ1) is 11.7. The fourth-order valence-electron chi connectivity index (χ4n) is 3.39. The van der Waals surface area contributed by atoms with Crippen molar-refractivity contribution in [3.8, 4) is 0 Å². The number of fused-ring (bicyclic) bond motifs is 2. The van der Waals surface area contributed by atoms with E-state index in [1.807, 2.05) is 0 Å². The second kappa shape index (κ2) is 3.82. The van der Waals surface area contributed by atoms with Crippen LogP contribution in [0.3, 0.4) is 0 Å². The Balaban J connectivity index is 2.19. The van der Waals surface area contributed by atoms with Crippen LogP contribution in [0.25, 0.3) is 0 Å². The summed E-state index contributed by atoms with van der Waals surface area (Å²) in [6.45, 7) is 6.00. The summed E-state index contributed by atoms with van der Waals surface area (Å²) < 4.78 is 0. The van der Waals surface area contributed by atoms with Crippen LogP contribution in [0.4, 0.5) is 0 Å². The summed E-state index contributed by atoms with van der Waals surface area (Å²) in [4.78, 5) is 12.6. The molecule has 1 aromatic carbocycles. The van der Waals surface area contributed by atoms with Gasteiger partial charge in [-0.3, -0.25) is 4.79 Å². The molecule has 18 heavy (non-hydrogen) atoms. The second-order valence-electron chi connectivity index (χ2n) is 5.96. The molecule has 1 aromatic rings. The number of hydrogen-bond donors (Lipinski definition) is 2. The molecule has 2 N–H and O–H groups in total. The van der Waals surface area contributed by atoms with Crippen LogP contribution in [0.15, 0.2) is 24.3 Å². The van der Waals surface area contributed by atoms with Crippen molar-refractivity contribution in [1.82, 2.24) is 10.6 Å². The van der Waals surface area contributed by atoms with Gasteiger partial charge in [0.05, 0.1) is 11.0 Å². The fourth-order valence-corrected chi connectivity index (χ4v) is 3.39. The predicted molar refractivity (Wildman–Crippen MR) is 71.4 cm³/mol. The van der Waals surface area contributed by atoms with Gasteiger partial charge >= 0.3 is 0 Å². The van der Waals surface area contributed by atoms with Crippen LogP contribution < -0.4 is 10.6 Å². The molecular weight excluding hydrogens is 224 g/mol. The van der Waals surface area contributed by atoms with Gasteiger partial charge in [-0.25, -0.2) is 0 Å². The van der Waals surface area contributed by atoms with Crippen molar-refractivity contribution in [2.24, 2.45) is 0 Å². The van der Waals surface area contributed by atoms with Crippen molar-refractivity contribution < 1.29 is 4.79 Å². The highest BCUT2D eigenvalue weighted by atomic mass is 16.2. The van der Waals surface area contributed by atoms with Gasteiger partial charge in [0.25, 0.3) is 0 Å². The lowest BCUT2D eigenvalue weighted by molar-refractivity contribution is -0.130. The molecule has 0 aliphatic carbocycles. The van der Waals surface area contributed by atoms with E-state index >= 15 is 0 Å². The highest BCUT2D eigenvalue weighted by Crippen LogP contribution is 2.43. The molecule has 2 heterocycles. The lowest BCUT2D eigenvalue weighted by atomic mass is 9.65. The van der Waals surface area contributed by atoms with Crippen molar-refractivity contribution >= 4 is 5.91 Å². The van der Waals surface area contributed by atoms with Crippen LogP contribution in [0, 0.1) is 0 Å². The number of rotatable bonds is 0. The SMILES string of the molecule is CC1(C)NC(=O)C2(CCNCC2)c2ccccc21. The zero-order chi connectivity index (χ0) is 12.8. The maximum absolute atomic E-state index is 12.6. The van der Waals surface area contributed by atoms with E-state index in [9.17, 15) is 4.79 Å². The first-order valence-corrected chi connectivity index (χ1v) is 6.70. The van der Waals surface area contributed by atoms with Gasteiger partial charge < -0.3 is 10.6 Å². The normalized spacial score (nSPS) is 24.4. The van der Waals surface area contributed by atoms with Crippen molar-refractivity contribution in [3.05, 3.63) is 35.4 Å². The maximum atomic E-state index is 12.6. The Hall–Kier alpha value is -1.35. The minimum atomic E-state index is -0.308. The molecular formula is C15H20N2O. The van der Waals surface area contributed by atoms with E-state index < -0.39 is 0 Å². The van der Waals surface area contributed by atoms with Crippen LogP contribution in [0.1, 0.15) is 37.8 Å². The topological polar surface area (TPSA) is 41.1 Å². The Morgan fingerprint density at radius 1 is 1.06 bits per heavy atom. The largest absolute Gasteiger partial charge is 0.346 e. The Labute approximate surface area is 108 Å². The van der Waals surface area contributed by atoms with Gasteiger partial charge in [-0.05, 0) is 50.9 Å². The fraction of sp³-hybridized carbons (Fsp3) is 0.533. The molecule has 0 aromatic heterocycles. The molecule has 2 aliphatic rings. The molecule has 0 atom stereocenters. The third-order valence-electron chi connectivity index (χ3n) is 4.43. The quantitative estimate of drug-likeness (QED) is 0.729. The molecule has 0 radical (unpaired) electrons. The first-order chi connectivity index (χ1) is 8.56. The molecule has 1 amide bonds. The number of carbonyl (C=O) groups is 1. The highest BCUT2D eigenvalue weighted by molar-refractivity contribution is 5.91. The minimum absolute atomic E-state index is 0.202. The van der Waals surface area contributed by atoms with Gasteiger partial charge in [0.2, 0.25) is 5.91 Å². The molecule has 0 bridgehead atoms. The molecule has 0 saturated carbocycles. The Kier molecular flexibility index (Phi) is 2.49. The monoisotopic (exact) mass is 244 g/mol. The molecule has 96 valence electrons. The van der Waals surface area contributed by atoms with Crippen LogP contribution in [-0.4, -0.2) is 19.0 Å². The molecule has 1 spiro atoms. The molecule has 1 saturated heterocycles. The van der Waals surface area contributed by atoms with Crippen LogP contribution >= 0.6 is 0 Å². The smallest absolute Gasteiger partial charge is 0.231 e. The van der Waals surface area contributed by atoms with Crippen LogP contribution in [0.2, 0.25) is 0 Å². The Morgan fingerprint density at radius 2 is 1.67 bits per heavy atom. The van der Waals surface area contributed by atoms with Crippen LogP contribution in [-0.2, 0) is 15.7 Å². The molecule has 1 fully saturated rings. The van der Waals surface area contributed by atoms with Crippen LogP contribution in [0.5, 0.6) is 0 Å². The van der Waals surface area contributed by atoms with Gasteiger partial charge in [0, 0.05) is 0 Å². The van der Waals surface area contributed by atoms with E-state index in [1.54, 1.807) is 0 Å². The molecule has 0 unspecified atom stereocenters. The number of carbonyl (C=O) groups excluding carboxylic acids is 1. The Bertz CT molecular complexity index is 487. The molecule has 3 nitrogen and oxygen atoms in total. The molecule has 3 heteroatoms. The van der Waals surface area contributed by atoms with E-state index in [1.165, 1.54) is 11.1 Å². The number of piperidine rings is 1. The van der Waals surface area contributed by atoms with Crippen molar-refractivity contribution in [1.29, 1.82) is 0 Å². The summed E-state index contributed by atoms with van der Waals surface area (Å²) in [5, 5.41) is 6.55. The molecule has 2 aliphatic heterocycles. The maximum Gasteiger partial charge on any atom is 0.231 e. The van der Waals surface area contributed by atoms with E-state index in [0.717, 1.165) is 25.9 Å². The average Bonchev–Trinajstić information content (AvgIpc) is 2.38. The standard InChI is InChI=1S/C15H20N2O/c1-14(2)11-5-3-4-6-12(11)15(13(18)17-14)7-9-16-10-8-15/h3-6,16H,7-10H2,1-2H3,(H,17,18). The number of benzene rings is 1. The summed E-state index contributed by atoms with van der Waals surface area (Å²) in [6, 6.07) is 8.41. The summed E-state index contributed by atoms with van der Waals surface area (Å²) in [7, 11) is 0. The lowest BCUT2D eigenvalue weighted by Crippen LogP contribution is -2.59. The number of nitrogens with one attached hydrogen (secondary N) is 2. The number of hydrogen-bond acceptors (Lipinski definition) is 2. The van der Waals surface area contributed by atoms with Gasteiger partial charge in [-0.15, -0.1) is 0 Å². The van der Waals surface area contributed by atoms with E-state index in [0.29, 0.717) is 0 Å². The summed E-state index contributed by atoms with van der Waals surface area (Å²) in [5.41, 5.74) is 1.94. The summed E-state index contributed by atoms with van der Waals surface area (Å²) in [5.74, 6) is 0.202. The third-order valence-corrected chi connectivity index (χ3v) is 4.43. The number of amides is 1.